The molecule has 6 nitrogen and oxygen atoms in total. The zero-order chi connectivity index (χ0) is 17.6. The summed E-state index contributed by atoms with van der Waals surface area (Å²) in [6.45, 7) is 5.10. The molecule has 136 valence electrons. The van der Waals surface area contributed by atoms with Crippen LogP contribution in [0, 0.1) is 5.92 Å². The van der Waals surface area contributed by atoms with Crippen LogP contribution in [-0.4, -0.2) is 58.2 Å². The van der Waals surface area contributed by atoms with Crippen molar-refractivity contribution in [1.29, 1.82) is 0 Å². The average molecular weight is 373 g/mol. The second-order valence-corrected chi connectivity index (χ2v) is 9.32. The SMILES string of the molecule is CN=C(NCC1CCN(S(C)(=O)=O)CC1)NCC(C)c1cccs1. The maximum Gasteiger partial charge on any atom is 0.211 e. The highest BCUT2D eigenvalue weighted by Crippen LogP contribution is 2.20. The molecule has 2 rings (SSSR count). The van der Waals surface area contributed by atoms with E-state index in [1.54, 1.807) is 22.7 Å². The number of thiophene rings is 1. The van der Waals surface area contributed by atoms with Gasteiger partial charge in [0.1, 0.15) is 0 Å². The summed E-state index contributed by atoms with van der Waals surface area (Å²) in [6.07, 6.45) is 3.07. The topological polar surface area (TPSA) is 73.8 Å². The normalized spacial score (nSPS) is 19.2. The summed E-state index contributed by atoms with van der Waals surface area (Å²) in [5.41, 5.74) is 0. The van der Waals surface area contributed by atoms with Crippen molar-refractivity contribution in [3.05, 3.63) is 22.4 Å². The van der Waals surface area contributed by atoms with Gasteiger partial charge in [0.05, 0.1) is 6.26 Å². The maximum atomic E-state index is 11.5. The van der Waals surface area contributed by atoms with Crippen molar-refractivity contribution in [3.63, 3.8) is 0 Å². The molecule has 1 unspecified atom stereocenters. The molecule has 1 fully saturated rings. The van der Waals surface area contributed by atoms with Crippen LogP contribution in [0.4, 0.5) is 0 Å². The molecular formula is C16H28N4O2S2. The number of nitrogens with zero attached hydrogens (tertiary/aromatic N) is 2. The Bertz CT molecular complexity index is 621. The van der Waals surface area contributed by atoms with Gasteiger partial charge >= 0.3 is 0 Å². The van der Waals surface area contributed by atoms with Gasteiger partial charge in [-0.3, -0.25) is 4.99 Å². The molecular weight excluding hydrogens is 344 g/mol. The highest BCUT2D eigenvalue weighted by atomic mass is 32.2. The molecule has 1 aliphatic heterocycles. The number of guanidine groups is 1. The third kappa shape index (κ3) is 5.75. The minimum absolute atomic E-state index is 0.446. The fourth-order valence-corrected chi connectivity index (χ4v) is 4.49. The van der Waals surface area contributed by atoms with Gasteiger partial charge < -0.3 is 10.6 Å². The highest BCUT2D eigenvalue weighted by molar-refractivity contribution is 7.88. The van der Waals surface area contributed by atoms with Crippen LogP contribution in [0.25, 0.3) is 0 Å². The van der Waals surface area contributed by atoms with Gasteiger partial charge in [-0.1, -0.05) is 13.0 Å². The Labute approximate surface area is 149 Å². The Morgan fingerprint density at radius 3 is 2.67 bits per heavy atom. The van der Waals surface area contributed by atoms with Crippen molar-refractivity contribution >= 4 is 27.3 Å². The van der Waals surface area contributed by atoms with Crippen LogP contribution in [0.15, 0.2) is 22.5 Å². The van der Waals surface area contributed by atoms with E-state index in [4.69, 9.17) is 0 Å². The summed E-state index contributed by atoms with van der Waals surface area (Å²) in [5, 5.41) is 8.84. The first-order valence-electron chi connectivity index (χ1n) is 8.33. The number of hydrogen-bond donors (Lipinski definition) is 2. The van der Waals surface area contributed by atoms with E-state index in [0.717, 1.165) is 31.9 Å². The van der Waals surface area contributed by atoms with E-state index >= 15 is 0 Å². The molecule has 0 aliphatic carbocycles. The first-order chi connectivity index (χ1) is 11.4. The van der Waals surface area contributed by atoms with Gasteiger partial charge in [0.15, 0.2) is 5.96 Å². The number of rotatable bonds is 6. The van der Waals surface area contributed by atoms with Gasteiger partial charge in [0, 0.05) is 44.0 Å². The lowest BCUT2D eigenvalue weighted by molar-refractivity contribution is 0.275. The predicted octanol–water partition coefficient (Wildman–Crippen LogP) is 1.69. The molecule has 0 bridgehead atoms. The van der Waals surface area contributed by atoms with E-state index in [1.165, 1.54) is 11.1 Å². The van der Waals surface area contributed by atoms with Crippen molar-refractivity contribution < 1.29 is 8.42 Å². The van der Waals surface area contributed by atoms with Crippen LogP contribution < -0.4 is 10.6 Å². The van der Waals surface area contributed by atoms with Gasteiger partial charge in [0.2, 0.25) is 10.0 Å². The number of aliphatic imine (C=N–C) groups is 1. The van der Waals surface area contributed by atoms with Crippen molar-refractivity contribution in [2.24, 2.45) is 10.9 Å². The fourth-order valence-electron chi connectivity index (χ4n) is 2.83. The molecule has 1 aliphatic rings. The number of piperidine rings is 1. The van der Waals surface area contributed by atoms with E-state index < -0.39 is 10.0 Å². The predicted molar refractivity (Wildman–Crippen MR) is 101 cm³/mol. The molecule has 1 saturated heterocycles. The van der Waals surface area contributed by atoms with Crippen LogP contribution >= 0.6 is 11.3 Å². The molecule has 2 heterocycles. The third-order valence-corrected chi connectivity index (χ3v) is 6.84. The summed E-state index contributed by atoms with van der Waals surface area (Å²) in [5.74, 6) is 1.74. The second kappa shape index (κ2) is 8.82. The Hall–Kier alpha value is -1.12. The number of hydrogen-bond acceptors (Lipinski definition) is 4. The standard InChI is InChI=1S/C16H28N4O2S2/c1-13(15-5-4-10-23-15)11-18-16(17-2)19-12-14-6-8-20(9-7-14)24(3,21)22/h4-5,10,13-14H,6-9,11-12H2,1-3H3,(H2,17,18,19). The van der Waals surface area contributed by atoms with Gasteiger partial charge in [-0.25, -0.2) is 12.7 Å². The van der Waals surface area contributed by atoms with Crippen LogP contribution in [0.2, 0.25) is 0 Å². The van der Waals surface area contributed by atoms with Gasteiger partial charge in [0.25, 0.3) is 0 Å². The molecule has 0 amide bonds. The third-order valence-electron chi connectivity index (χ3n) is 4.43. The van der Waals surface area contributed by atoms with E-state index in [-0.39, 0.29) is 0 Å². The first-order valence-corrected chi connectivity index (χ1v) is 11.1. The van der Waals surface area contributed by atoms with Crippen molar-refractivity contribution in [3.8, 4) is 0 Å². The van der Waals surface area contributed by atoms with Gasteiger partial charge in [-0.05, 0) is 30.2 Å². The fraction of sp³-hybridized carbons (Fsp3) is 0.688. The largest absolute Gasteiger partial charge is 0.356 e. The number of nitrogens with one attached hydrogen (secondary N) is 2. The number of sulfonamides is 1. The van der Waals surface area contributed by atoms with Crippen LogP contribution in [0.3, 0.4) is 0 Å². The van der Waals surface area contributed by atoms with Crippen molar-refractivity contribution in [2.75, 3.05) is 39.5 Å². The Kier molecular flexibility index (Phi) is 7.06. The highest BCUT2D eigenvalue weighted by Gasteiger charge is 2.24. The molecule has 8 heteroatoms. The molecule has 0 spiro atoms. The summed E-state index contributed by atoms with van der Waals surface area (Å²) in [7, 11) is -1.27. The summed E-state index contributed by atoms with van der Waals surface area (Å²) in [4.78, 5) is 5.64. The lowest BCUT2D eigenvalue weighted by Gasteiger charge is -2.30. The average Bonchev–Trinajstić information content (AvgIpc) is 3.09. The van der Waals surface area contributed by atoms with Crippen LogP contribution in [0.1, 0.15) is 30.6 Å². The quantitative estimate of drug-likeness (QED) is 0.589. The summed E-state index contributed by atoms with van der Waals surface area (Å²) >= 11 is 1.77. The smallest absolute Gasteiger partial charge is 0.211 e. The molecule has 1 aromatic rings. The van der Waals surface area contributed by atoms with Gasteiger partial charge in [-0.15, -0.1) is 11.3 Å². The van der Waals surface area contributed by atoms with Crippen molar-refractivity contribution in [2.45, 2.75) is 25.7 Å². The second-order valence-electron chi connectivity index (χ2n) is 6.36. The maximum absolute atomic E-state index is 11.5. The molecule has 0 radical (unpaired) electrons. The minimum atomic E-state index is -3.05. The van der Waals surface area contributed by atoms with E-state index in [1.807, 2.05) is 0 Å². The van der Waals surface area contributed by atoms with Crippen LogP contribution in [-0.2, 0) is 10.0 Å². The molecule has 1 atom stereocenters. The van der Waals surface area contributed by atoms with Crippen molar-refractivity contribution in [1.82, 2.24) is 14.9 Å². The molecule has 0 saturated carbocycles. The van der Waals surface area contributed by atoms with Crippen LogP contribution in [0.5, 0.6) is 0 Å². The van der Waals surface area contributed by atoms with Gasteiger partial charge in [-0.2, -0.15) is 0 Å². The monoisotopic (exact) mass is 372 g/mol. The lowest BCUT2D eigenvalue weighted by Crippen LogP contribution is -2.44. The Balaban J connectivity index is 1.71. The zero-order valence-corrected chi connectivity index (χ0v) is 16.3. The Morgan fingerprint density at radius 1 is 1.42 bits per heavy atom. The summed E-state index contributed by atoms with van der Waals surface area (Å²) in [6, 6.07) is 4.23. The zero-order valence-electron chi connectivity index (χ0n) is 14.7. The summed E-state index contributed by atoms with van der Waals surface area (Å²) < 4.78 is 24.6. The molecule has 0 aromatic carbocycles. The van der Waals surface area contributed by atoms with E-state index in [2.05, 4.69) is 40.1 Å². The molecule has 24 heavy (non-hydrogen) atoms. The molecule has 2 N–H and O–H groups in total. The lowest BCUT2D eigenvalue weighted by atomic mass is 9.98. The Morgan fingerprint density at radius 2 is 2.12 bits per heavy atom. The minimum Gasteiger partial charge on any atom is -0.356 e. The first kappa shape index (κ1) is 19.2. The molecule has 1 aromatic heterocycles. The van der Waals surface area contributed by atoms with E-state index in [9.17, 15) is 8.42 Å². The van der Waals surface area contributed by atoms with E-state index in [0.29, 0.717) is 24.9 Å².